The van der Waals surface area contributed by atoms with Crippen LogP contribution in [0.3, 0.4) is 0 Å². The summed E-state index contributed by atoms with van der Waals surface area (Å²) in [6.45, 7) is 3.16. The van der Waals surface area contributed by atoms with Crippen LogP contribution in [0.25, 0.3) is 0 Å². The summed E-state index contributed by atoms with van der Waals surface area (Å²) in [4.78, 5) is 16.3. The van der Waals surface area contributed by atoms with Crippen LogP contribution in [0, 0.1) is 0 Å². The van der Waals surface area contributed by atoms with Gasteiger partial charge in [-0.3, -0.25) is 4.98 Å². The number of halogens is 3. The zero-order valence-corrected chi connectivity index (χ0v) is 17.3. The molecule has 0 fully saturated rings. The number of carbonyl (C=O) groups is 1. The first-order chi connectivity index (χ1) is 13.4. The lowest BCUT2D eigenvalue weighted by Gasteiger charge is -2.15. The van der Waals surface area contributed by atoms with Crippen molar-refractivity contribution in [2.24, 2.45) is 4.36 Å². The van der Waals surface area contributed by atoms with Crippen molar-refractivity contribution in [3.8, 4) is 0 Å². The Kier molecular flexibility index (Phi) is 6.02. The molecule has 2 aromatic heterocycles. The van der Waals surface area contributed by atoms with Crippen LogP contribution in [-0.4, -0.2) is 22.3 Å². The highest BCUT2D eigenvalue weighted by molar-refractivity contribution is 7.78. The highest BCUT2D eigenvalue weighted by Gasteiger charge is 2.30. The van der Waals surface area contributed by atoms with Gasteiger partial charge < -0.3 is 19.0 Å². The Labute approximate surface area is 171 Å². The number of hydrogen-bond donors (Lipinski definition) is 2. The van der Waals surface area contributed by atoms with Crippen LogP contribution >= 0.6 is 11.3 Å². The van der Waals surface area contributed by atoms with Crippen LogP contribution in [-0.2, 0) is 39.7 Å². The lowest BCUT2D eigenvalue weighted by Crippen LogP contribution is -2.15. The molecule has 0 atom stereocenters. The van der Waals surface area contributed by atoms with Crippen LogP contribution in [0.4, 0.5) is 23.7 Å². The number of anilines is 1. The number of alkyl halides is 3. The van der Waals surface area contributed by atoms with E-state index in [2.05, 4.69) is 14.7 Å². The second-order valence-corrected chi connectivity index (χ2v) is 9.51. The van der Waals surface area contributed by atoms with Crippen LogP contribution in [0.1, 0.15) is 42.8 Å². The second kappa shape index (κ2) is 8.04. The van der Waals surface area contributed by atoms with Crippen LogP contribution < -0.4 is 5.32 Å². The normalized spacial score (nSPS) is 15.4. The van der Waals surface area contributed by atoms with Gasteiger partial charge in [-0.2, -0.15) is 24.5 Å². The first kappa shape index (κ1) is 21.7. The van der Waals surface area contributed by atoms with Gasteiger partial charge in [0.25, 0.3) is 0 Å². The van der Waals surface area contributed by atoms with Crippen molar-refractivity contribution < 1.29 is 27.3 Å². The van der Waals surface area contributed by atoms with Gasteiger partial charge in [0.15, 0.2) is 0 Å². The number of aliphatic hydroxyl groups is 1. The molecule has 2 aromatic rings. The number of nitrogens with zero attached hydrogens (tertiary/aromatic N) is 2. The van der Waals surface area contributed by atoms with E-state index in [4.69, 9.17) is 0 Å². The number of carbonyl (C=O) groups excluding carboxylic acids is 1. The van der Waals surface area contributed by atoms with E-state index >= 15 is 0 Å². The van der Waals surface area contributed by atoms with Gasteiger partial charge in [-0.25, -0.2) is 4.79 Å². The summed E-state index contributed by atoms with van der Waals surface area (Å²) in [6.07, 6.45) is -3.74. The monoisotopic (exact) mass is 446 g/mol. The third kappa shape index (κ3) is 5.55. The van der Waals surface area contributed by atoms with Crippen molar-refractivity contribution in [1.29, 1.82) is 0 Å². The maximum absolute atomic E-state index is 12.7. The number of hydrogen-bond acceptors (Lipinski definition) is 6. The highest BCUT2D eigenvalue weighted by atomic mass is 32.2. The van der Waals surface area contributed by atoms with Gasteiger partial charge >= 0.3 is 12.2 Å². The number of urea groups is 1. The molecule has 11 heteroatoms. The predicted molar refractivity (Wildman–Crippen MR) is 103 cm³/mol. The predicted octanol–water partition coefficient (Wildman–Crippen LogP) is 4.70. The van der Waals surface area contributed by atoms with Crippen LogP contribution in [0.15, 0.2) is 26.1 Å². The largest absolute Gasteiger partial charge is 0.439 e. The molecule has 0 aromatic carbocycles. The van der Waals surface area contributed by atoms with Gasteiger partial charge in [0.2, 0.25) is 0 Å². The first-order valence-corrected chi connectivity index (χ1v) is 10.8. The van der Waals surface area contributed by atoms with Gasteiger partial charge in [-0.15, -0.1) is 10.6 Å². The van der Waals surface area contributed by atoms with Crippen LogP contribution in [0.5, 0.6) is 0 Å². The molecular formula is C18H19F3N3O3S2-. The summed E-state index contributed by atoms with van der Waals surface area (Å²) >= 11 is 1.09. The van der Waals surface area contributed by atoms with Gasteiger partial charge in [0, 0.05) is 11.4 Å². The quantitative estimate of drug-likeness (QED) is 0.666. The standard InChI is InChI=1S/C18H19F3N3O3S2/c1-17(2,26)10-6-15(28-9-10)29(27)24-16(25)23-14-7-11(8-18(19,20)21)22-13-5-3-4-12(13)14/h6-7,9,26H,3-5,8H2,1-2H3,(H,22,23,25)/q-1. The molecule has 158 valence electrons. The molecule has 1 aliphatic rings. The Morgan fingerprint density at radius 3 is 2.69 bits per heavy atom. The zero-order valence-electron chi connectivity index (χ0n) is 15.7. The number of aryl methyl sites for hydroxylation is 1. The molecule has 6 nitrogen and oxygen atoms in total. The van der Waals surface area contributed by atoms with E-state index in [1.807, 2.05) is 0 Å². The molecule has 0 bridgehead atoms. The van der Waals surface area contributed by atoms with Crippen molar-refractivity contribution in [3.05, 3.63) is 40.0 Å². The number of aromatic nitrogens is 1. The third-order valence-electron chi connectivity index (χ3n) is 4.35. The molecule has 0 saturated heterocycles. The van der Waals surface area contributed by atoms with E-state index in [1.165, 1.54) is 12.1 Å². The minimum atomic E-state index is -4.41. The fourth-order valence-corrected chi connectivity index (χ4v) is 4.89. The SMILES string of the molecule is CC(C)(O)c1csc([S-](=O)=NC(=O)Nc2cc(CC(F)(F)F)nc3c2CCC3)c1. The molecule has 0 saturated carbocycles. The average molecular weight is 446 g/mol. The van der Waals surface area contributed by atoms with Gasteiger partial charge in [-0.05, 0) is 59.9 Å². The average Bonchev–Trinajstić information content (AvgIpc) is 3.21. The molecule has 2 heterocycles. The Morgan fingerprint density at radius 1 is 1.34 bits per heavy atom. The topological polar surface area (TPSA) is 91.6 Å². The second-order valence-electron chi connectivity index (χ2n) is 7.22. The molecule has 3 rings (SSSR count). The summed E-state index contributed by atoms with van der Waals surface area (Å²) in [6, 6.07) is 1.79. The Bertz CT molecular complexity index is 1020. The van der Waals surface area contributed by atoms with Crippen molar-refractivity contribution in [2.75, 3.05) is 5.32 Å². The van der Waals surface area contributed by atoms with Crippen LogP contribution in [0.2, 0.25) is 0 Å². The first-order valence-electron chi connectivity index (χ1n) is 8.77. The lowest BCUT2D eigenvalue weighted by atomic mass is 10.0. The number of pyridine rings is 1. The maximum atomic E-state index is 12.7. The molecule has 2 N–H and O–H groups in total. The molecule has 29 heavy (non-hydrogen) atoms. The van der Waals surface area contributed by atoms with Gasteiger partial charge in [0.1, 0.15) is 0 Å². The van der Waals surface area contributed by atoms with E-state index in [0.717, 1.165) is 17.8 Å². The van der Waals surface area contributed by atoms with E-state index in [1.54, 1.807) is 19.2 Å². The minimum Gasteiger partial charge on any atom is -0.439 e. The fourth-order valence-electron chi connectivity index (χ4n) is 3.00. The Hall–Kier alpha value is -1.98. The number of nitrogens with one attached hydrogen (secondary N) is 1. The van der Waals surface area contributed by atoms with E-state index < -0.39 is 34.8 Å². The summed E-state index contributed by atoms with van der Waals surface area (Å²) < 4.78 is 54.4. The molecule has 0 spiro atoms. The van der Waals surface area contributed by atoms with E-state index in [0.29, 0.717) is 29.7 Å². The Balaban J connectivity index is 1.82. The fraction of sp³-hybridized carbons (Fsp3) is 0.444. The molecule has 1 aliphatic carbocycles. The highest BCUT2D eigenvalue weighted by Crippen LogP contribution is 2.31. The molecule has 2 amide bonds. The molecule has 0 unspecified atom stereocenters. The van der Waals surface area contributed by atoms with Crippen molar-refractivity contribution >= 4 is 33.7 Å². The summed E-state index contributed by atoms with van der Waals surface area (Å²) in [5.41, 5.74) is 0.698. The lowest BCUT2D eigenvalue weighted by molar-refractivity contribution is -0.127. The van der Waals surface area contributed by atoms with Gasteiger partial charge in [-0.1, -0.05) is 6.07 Å². The number of rotatable bonds is 4. The summed E-state index contributed by atoms with van der Waals surface area (Å²) in [5, 5.41) is 14.0. The molecule has 0 radical (unpaired) electrons. The molecular weight excluding hydrogens is 427 g/mol. The van der Waals surface area contributed by atoms with Crippen molar-refractivity contribution in [3.63, 3.8) is 0 Å². The van der Waals surface area contributed by atoms with Crippen molar-refractivity contribution in [1.82, 2.24) is 4.98 Å². The third-order valence-corrected chi connectivity index (χ3v) is 6.58. The summed E-state index contributed by atoms with van der Waals surface area (Å²) in [5.74, 6) is 0. The molecule has 0 aliphatic heterocycles. The van der Waals surface area contributed by atoms with E-state index in [9.17, 15) is 27.3 Å². The maximum Gasteiger partial charge on any atom is 0.394 e. The van der Waals surface area contributed by atoms with Gasteiger partial charge in [0.05, 0.1) is 17.7 Å². The number of thiophene rings is 1. The Morgan fingerprint density at radius 2 is 2.07 bits per heavy atom. The number of amides is 2. The minimum absolute atomic E-state index is 0.178. The smallest absolute Gasteiger partial charge is 0.394 e. The number of fused-ring (bicyclic) bond motifs is 1. The van der Waals surface area contributed by atoms with E-state index in [-0.39, 0.29) is 15.6 Å². The van der Waals surface area contributed by atoms with Crippen molar-refractivity contribution in [2.45, 2.75) is 55.5 Å². The summed E-state index contributed by atoms with van der Waals surface area (Å²) in [7, 11) is -2.00. The zero-order chi connectivity index (χ0) is 21.4.